The lowest BCUT2D eigenvalue weighted by Crippen LogP contribution is -2.10. The van der Waals surface area contributed by atoms with Crippen LogP contribution in [0.5, 0.6) is 0 Å². The average molecular weight is 689 g/mol. The summed E-state index contributed by atoms with van der Waals surface area (Å²) in [6, 6.07) is 79.0. The van der Waals surface area contributed by atoms with Gasteiger partial charge in [-0.2, -0.15) is 0 Å². The SMILES string of the molecule is c1ccc(N(c2ccc(-c3ccc(N(c4ccccc4)c4ccc5cc6ccccc6cc5c4)cc3)cc2)c2ccc3cc4ccccc4cc3c2)cc1. The van der Waals surface area contributed by atoms with Crippen molar-refractivity contribution in [2.24, 2.45) is 0 Å². The van der Waals surface area contributed by atoms with Gasteiger partial charge in [-0.3, -0.25) is 0 Å². The maximum atomic E-state index is 2.34. The first kappa shape index (κ1) is 31.6. The molecule has 254 valence electrons. The fourth-order valence-corrected chi connectivity index (χ4v) is 7.79. The van der Waals surface area contributed by atoms with Crippen molar-refractivity contribution in [1.29, 1.82) is 0 Å². The van der Waals surface area contributed by atoms with Crippen molar-refractivity contribution < 1.29 is 0 Å². The zero-order valence-electron chi connectivity index (χ0n) is 29.7. The molecule has 10 aromatic carbocycles. The number of hydrogen-bond donors (Lipinski definition) is 0. The van der Waals surface area contributed by atoms with Crippen molar-refractivity contribution in [2.75, 3.05) is 9.80 Å². The first-order valence-corrected chi connectivity index (χ1v) is 18.5. The maximum Gasteiger partial charge on any atom is 0.0468 e. The molecule has 0 saturated heterocycles. The summed E-state index contributed by atoms with van der Waals surface area (Å²) in [6.07, 6.45) is 0. The highest BCUT2D eigenvalue weighted by Gasteiger charge is 2.16. The number of benzene rings is 10. The molecule has 0 heterocycles. The van der Waals surface area contributed by atoms with E-state index < -0.39 is 0 Å². The largest absolute Gasteiger partial charge is 0.310 e. The van der Waals surface area contributed by atoms with Crippen LogP contribution in [0.3, 0.4) is 0 Å². The van der Waals surface area contributed by atoms with Crippen LogP contribution in [0, 0.1) is 0 Å². The minimum atomic E-state index is 1.11. The maximum absolute atomic E-state index is 2.34. The van der Waals surface area contributed by atoms with Gasteiger partial charge >= 0.3 is 0 Å². The summed E-state index contributed by atoms with van der Waals surface area (Å²) in [4.78, 5) is 4.68. The minimum absolute atomic E-state index is 1.11. The van der Waals surface area contributed by atoms with Gasteiger partial charge in [-0.05, 0) is 151 Å². The van der Waals surface area contributed by atoms with Gasteiger partial charge < -0.3 is 9.80 Å². The number of anilines is 6. The predicted molar refractivity (Wildman–Crippen MR) is 231 cm³/mol. The lowest BCUT2D eigenvalue weighted by molar-refractivity contribution is 1.28. The average Bonchev–Trinajstić information content (AvgIpc) is 3.23. The Morgan fingerprint density at radius 3 is 0.833 bits per heavy atom. The Kier molecular flexibility index (Phi) is 7.85. The van der Waals surface area contributed by atoms with Crippen molar-refractivity contribution in [3.05, 3.63) is 218 Å². The van der Waals surface area contributed by atoms with Crippen molar-refractivity contribution in [3.8, 4) is 11.1 Å². The van der Waals surface area contributed by atoms with Gasteiger partial charge in [-0.25, -0.2) is 0 Å². The molecule has 0 aliphatic heterocycles. The molecule has 10 aromatic rings. The molecule has 0 bridgehead atoms. The molecule has 0 spiro atoms. The standard InChI is InChI=1S/C52H36N2/c1-3-15-47(16-4-1)53(51-29-23-43-31-39-11-7-9-13-41(39)33-45(43)35-51)49-25-19-37(20-26-49)38-21-27-50(28-22-38)54(48-17-5-2-6-18-48)52-30-24-44-32-40-12-8-10-14-42(40)34-46(44)36-52/h1-36H. The highest BCUT2D eigenvalue weighted by molar-refractivity contribution is 6.01. The Morgan fingerprint density at radius 1 is 0.185 bits per heavy atom. The molecule has 0 N–H and O–H groups in total. The molecule has 0 aromatic heterocycles. The summed E-state index contributed by atoms with van der Waals surface area (Å²) in [5.74, 6) is 0. The Balaban J connectivity index is 0.986. The van der Waals surface area contributed by atoms with E-state index in [-0.39, 0.29) is 0 Å². The Bertz CT molecular complexity index is 2710. The monoisotopic (exact) mass is 688 g/mol. The quantitative estimate of drug-likeness (QED) is 0.154. The number of rotatable bonds is 7. The van der Waals surface area contributed by atoms with Crippen molar-refractivity contribution in [1.82, 2.24) is 0 Å². The Labute approximate surface area is 315 Å². The molecule has 2 nitrogen and oxygen atoms in total. The molecular weight excluding hydrogens is 653 g/mol. The van der Waals surface area contributed by atoms with Crippen molar-refractivity contribution in [2.45, 2.75) is 0 Å². The summed E-state index contributed by atoms with van der Waals surface area (Å²) >= 11 is 0. The van der Waals surface area contributed by atoms with Gasteiger partial charge in [-0.15, -0.1) is 0 Å². The first-order valence-electron chi connectivity index (χ1n) is 18.5. The van der Waals surface area contributed by atoms with E-state index in [2.05, 4.69) is 228 Å². The van der Waals surface area contributed by atoms with E-state index in [4.69, 9.17) is 0 Å². The van der Waals surface area contributed by atoms with Crippen LogP contribution < -0.4 is 9.80 Å². The van der Waals surface area contributed by atoms with Gasteiger partial charge in [0.05, 0.1) is 0 Å². The van der Waals surface area contributed by atoms with E-state index in [1.54, 1.807) is 0 Å². The number of para-hydroxylation sites is 2. The summed E-state index contributed by atoms with van der Waals surface area (Å²) in [5, 5.41) is 9.96. The van der Waals surface area contributed by atoms with Crippen LogP contribution in [-0.2, 0) is 0 Å². The summed E-state index contributed by atoms with van der Waals surface area (Å²) in [7, 11) is 0. The second-order valence-corrected chi connectivity index (χ2v) is 13.9. The molecule has 0 aliphatic rings. The lowest BCUT2D eigenvalue weighted by Gasteiger charge is -2.26. The van der Waals surface area contributed by atoms with Crippen LogP contribution >= 0.6 is 0 Å². The van der Waals surface area contributed by atoms with Crippen LogP contribution in [0.15, 0.2) is 218 Å². The first-order chi connectivity index (χ1) is 26.7. The molecule has 0 atom stereocenters. The lowest BCUT2D eigenvalue weighted by atomic mass is 10.0. The van der Waals surface area contributed by atoms with Gasteiger partial charge in [0.25, 0.3) is 0 Å². The van der Waals surface area contributed by atoms with Gasteiger partial charge in [-0.1, -0.05) is 121 Å². The zero-order chi connectivity index (χ0) is 35.8. The minimum Gasteiger partial charge on any atom is -0.310 e. The van der Waals surface area contributed by atoms with Gasteiger partial charge in [0.1, 0.15) is 0 Å². The molecule has 0 fully saturated rings. The Morgan fingerprint density at radius 2 is 0.463 bits per heavy atom. The molecule has 0 unspecified atom stereocenters. The van der Waals surface area contributed by atoms with Gasteiger partial charge in [0.2, 0.25) is 0 Å². The van der Waals surface area contributed by atoms with Gasteiger partial charge in [0.15, 0.2) is 0 Å². The summed E-state index contributed by atoms with van der Waals surface area (Å²) in [5.41, 5.74) is 9.07. The number of nitrogens with zero attached hydrogens (tertiary/aromatic N) is 2. The fraction of sp³-hybridized carbons (Fsp3) is 0. The van der Waals surface area contributed by atoms with Crippen LogP contribution in [0.25, 0.3) is 54.2 Å². The van der Waals surface area contributed by atoms with Crippen molar-refractivity contribution >= 4 is 77.2 Å². The smallest absolute Gasteiger partial charge is 0.0468 e. The van der Waals surface area contributed by atoms with E-state index in [0.717, 1.165) is 34.1 Å². The highest BCUT2D eigenvalue weighted by atomic mass is 15.1. The Hall–Kier alpha value is -7.16. The molecular formula is C52H36N2. The molecule has 0 radical (unpaired) electrons. The number of fused-ring (bicyclic) bond motifs is 4. The molecule has 0 amide bonds. The van der Waals surface area contributed by atoms with E-state index >= 15 is 0 Å². The topological polar surface area (TPSA) is 6.48 Å². The molecule has 2 heteroatoms. The number of hydrogen-bond acceptors (Lipinski definition) is 2. The van der Waals surface area contributed by atoms with E-state index in [1.807, 2.05) is 0 Å². The predicted octanol–water partition coefficient (Wildman–Crippen LogP) is 14.9. The third kappa shape index (κ3) is 5.90. The van der Waals surface area contributed by atoms with Crippen molar-refractivity contribution in [3.63, 3.8) is 0 Å². The normalized spacial score (nSPS) is 11.3. The molecule has 54 heavy (non-hydrogen) atoms. The molecule has 10 rings (SSSR count). The molecule has 0 aliphatic carbocycles. The third-order valence-corrected chi connectivity index (χ3v) is 10.5. The second-order valence-electron chi connectivity index (χ2n) is 13.9. The van der Waals surface area contributed by atoms with Crippen LogP contribution in [0.1, 0.15) is 0 Å². The van der Waals surface area contributed by atoms with Crippen LogP contribution in [-0.4, -0.2) is 0 Å². The van der Waals surface area contributed by atoms with E-state index in [1.165, 1.54) is 54.2 Å². The molecule has 0 saturated carbocycles. The third-order valence-electron chi connectivity index (χ3n) is 10.5. The second kappa shape index (κ2) is 13.4. The zero-order valence-corrected chi connectivity index (χ0v) is 29.7. The van der Waals surface area contributed by atoms with Crippen LogP contribution in [0.4, 0.5) is 34.1 Å². The summed E-state index contributed by atoms with van der Waals surface area (Å²) < 4.78 is 0. The highest BCUT2D eigenvalue weighted by Crippen LogP contribution is 2.40. The fourth-order valence-electron chi connectivity index (χ4n) is 7.79. The van der Waals surface area contributed by atoms with Gasteiger partial charge in [0, 0.05) is 34.1 Å². The summed E-state index contributed by atoms with van der Waals surface area (Å²) in [6.45, 7) is 0. The van der Waals surface area contributed by atoms with E-state index in [0.29, 0.717) is 0 Å². The van der Waals surface area contributed by atoms with Crippen LogP contribution in [0.2, 0.25) is 0 Å². The van der Waals surface area contributed by atoms with E-state index in [9.17, 15) is 0 Å².